The van der Waals surface area contributed by atoms with Crippen LogP contribution in [-0.4, -0.2) is 9.97 Å². The highest BCUT2D eigenvalue weighted by atomic mass is 79.9. The van der Waals surface area contributed by atoms with Crippen molar-refractivity contribution in [2.45, 2.75) is 18.8 Å². The number of nitrogen functional groups attached to an aromatic ring is 1. The Morgan fingerprint density at radius 3 is 2.61 bits per heavy atom. The van der Waals surface area contributed by atoms with Crippen molar-refractivity contribution in [1.29, 1.82) is 0 Å². The van der Waals surface area contributed by atoms with E-state index in [1.54, 1.807) is 12.1 Å². The van der Waals surface area contributed by atoms with Crippen LogP contribution in [0.1, 0.15) is 24.5 Å². The summed E-state index contributed by atoms with van der Waals surface area (Å²) in [7, 11) is 0. The van der Waals surface area contributed by atoms with Crippen LogP contribution >= 0.6 is 15.9 Å². The lowest BCUT2D eigenvalue weighted by Crippen LogP contribution is -1.99. The third kappa shape index (κ3) is 2.36. The second kappa shape index (κ2) is 4.31. The number of halogens is 2. The lowest BCUT2D eigenvalue weighted by molar-refractivity contribution is 0.627. The Hall–Kier alpha value is -1.49. The Morgan fingerprint density at radius 2 is 1.94 bits per heavy atom. The highest BCUT2D eigenvalue weighted by molar-refractivity contribution is 9.10. The fourth-order valence-corrected chi connectivity index (χ4v) is 2.35. The van der Waals surface area contributed by atoms with Crippen LogP contribution in [0.25, 0.3) is 11.4 Å². The maximum atomic E-state index is 13.4. The summed E-state index contributed by atoms with van der Waals surface area (Å²) in [6.07, 6.45) is 2.28. The van der Waals surface area contributed by atoms with Crippen molar-refractivity contribution in [3.63, 3.8) is 0 Å². The third-order valence-electron chi connectivity index (χ3n) is 2.88. The molecule has 0 bridgehead atoms. The first-order valence-corrected chi connectivity index (χ1v) is 6.52. The lowest BCUT2D eigenvalue weighted by atomic mass is 10.2. The SMILES string of the molecule is Nc1cc(C2CC2)nc(-c2cc(F)cc(Br)c2)n1. The minimum absolute atomic E-state index is 0.321. The summed E-state index contributed by atoms with van der Waals surface area (Å²) in [5.41, 5.74) is 7.37. The summed E-state index contributed by atoms with van der Waals surface area (Å²) < 4.78 is 14.0. The summed E-state index contributed by atoms with van der Waals surface area (Å²) >= 11 is 3.26. The molecule has 1 aliphatic rings. The maximum Gasteiger partial charge on any atom is 0.161 e. The quantitative estimate of drug-likeness (QED) is 0.923. The average molecular weight is 308 g/mol. The summed E-state index contributed by atoms with van der Waals surface area (Å²) in [6, 6.07) is 6.40. The van der Waals surface area contributed by atoms with Crippen LogP contribution in [0.3, 0.4) is 0 Å². The van der Waals surface area contributed by atoms with Gasteiger partial charge in [0.15, 0.2) is 5.82 Å². The highest BCUT2D eigenvalue weighted by Crippen LogP contribution is 2.40. The van der Waals surface area contributed by atoms with Crippen molar-refractivity contribution in [1.82, 2.24) is 9.97 Å². The number of hydrogen-bond donors (Lipinski definition) is 1. The zero-order valence-electron chi connectivity index (χ0n) is 9.53. The second-order valence-corrected chi connectivity index (χ2v) is 5.39. The number of benzene rings is 1. The molecule has 0 spiro atoms. The predicted molar refractivity (Wildman–Crippen MR) is 71.5 cm³/mol. The molecule has 3 rings (SSSR count). The van der Waals surface area contributed by atoms with E-state index < -0.39 is 0 Å². The Balaban J connectivity index is 2.09. The minimum Gasteiger partial charge on any atom is -0.384 e. The molecule has 0 saturated heterocycles. The minimum atomic E-state index is -0.321. The fraction of sp³-hybridized carbons (Fsp3) is 0.231. The Labute approximate surface area is 112 Å². The molecule has 1 saturated carbocycles. The van der Waals surface area contributed by atoms with Crippen molar-refractivity contribution in [3.8, 4) is 11.4 Å². The van der Waals surface area contributed by atoms with E-state index in [1.807, 2.05) is 0 Å². The van der Waals surface area contributed by atoms with Crippen molar-refractivity contribution >= 4 is 21.7 Å². The van der Waals surface area contributed by atoms with Gasteiger partial charge in [0.1, 0.15) is 11.6 Å². The van der Waals surface area contributed by atoms with Gasteiger partial charge >= 0.3 is 0 Å². The van der Waals surface area contributed by atoms with Gasteiger partial charge in [-0.15, -0.1) is 0 Å². The fourth-order valence-electron chi connectivity index (χ4n) is 1.89. The van der Waals surface area contributed by atoms with Crippen LogP contribution < -0.4 is 5.73 Å². The van der Waals surface area contributed by atoms with Crippen LogP contribution in [0.2, 0.25) is 0 Å². The van der Waals surface area contributed by atoms with Gasteiger partial charge in [-0.1, -0.05) is 15.9 Å². The van der Waals surface area contributed by atoms with Gasteiger partial charge in [0.2, 0.25) is 0 Å². The molecule has 92 valence electrons. The van der Waals surface area contributed by atoms with Gasteiger partial charge in [0.05, 0.1) is 0 Å². The van der Waals surface area contributed by atoms with Crippen LogP contribution in [-0.2, 0) is 0 Å². The second-order valence-electron chi connectivity index (χ2n) is 4.47. The first-order valence-electron chi connectivity index (χ1n) is 5.73. The number of anilines is 1. The molecule has 0 aliphatic heterocycles. The van der Waals surface area contributed by atoms with Crippen molar-refractivity contribution in [2.75, 3.05) is 5.73 Å². The van der Waals surface area contributed by atoms with Crippen molar-refractivity contribution in [3.05, 3.63) is 40.2 Å². The largest absolute Gasteiger partial charge is 0.384 e. The molecule has 1 heterocycles. The lowest BCUT2D eigenvalue weighted by Gasteiger charge is -2.06. The molecule has 5 heteroatoms. The molecule has 1 aliphatic carbocycles. The smallest absolute Gasteiger partial charge is 0.161 e. The standard InChI is InChI=1S/C13H11BrFN3/c14-9-3-8(4-10(15)5-9)13-17-11(7-1-2-7)6-12(16)18-13/h3-7H,1-2H2,(H2,16,17,18). The predicted octanol–water partition coefficient (Wildman–Crippen LogP) is 3.50. The van der Waals surface area contributed by atoms with E-state index in [1.165, 1.54) is 12.1 Å². The van der Waals surface area contributed by atoms with Crippen molar-refractivity contribution in [2.24, 2.45) is 0 Å². The van der Waals surface area contributed by atoms with E-state index in [9.17, 15) is 4.39 Å². The van der Waals surface area contributed by atoms with E-state index >= 15 is 0 Å². The van der Waals surface area contributed by atoms with Crippen molar-refractivity contribution < 1.29 is 4.39 Å². The molecule has 0 radical (unpaired) electrons. The summed E-state index contributed by atoms with van der Waals surface area (Å²) in [5, 5.41) is 0. The van der Waals surface area contributed by atoms with Crippen LogP contribution in [0.5, 0.6) is 0 Å². The first-order chi connectivity index (χ1) is 8.61. The molecule has 2 N–H and O–H groups in total. The molecule has 18 heavy (non-hydrogen) atoms. The monoisotopic (exact) mass is 307 g/mol. The maximum absolute atomic E-state index is 13.4. The summed E-state index contributed by atoms with van der Waals surface area (Å²) in [6.45, 7) is 0. The van der Waals surface area contributed by atoms with Crippen LogP contribution in [0.4, 0.5) is 10.2 Å². The Bertz CT molecular complexity index is 591. The van der Waals surface area contributed by atoms with E-state index in [0.717, 1.165) is 18.5 Å². The summed E-state index contributed by atoms with van der Waals surface area (Å²) in [4.78, 5) is 8.65. The number of nitrogens with two attached hydrogens (primary N) is 1. The number of nitrogens with zero attached hydrogens (tertiary/aromatic N) is 2. The van der Waals surface area contributed by atoms with Crippen LogP contribution in [0.15, 0.2) is 28.7 Å². The van der Waals surface area contributed by atoms with Gasteiger partial charge in [-0.2, -0.15) is 0 Å². The molecule has 1 fully saturated rings. The molecule has 1 aromatic carbocycles. The number of rotatable bonds is 2. The van der Waals surface area contributed by atoms with E-state index in [2.05, 4.69) is 25.9 Å². The molecular weight excluding hydrogens is 297 g/mol. The van der Waals surface area contributed by atoms with Gasteiger partial charge in [-0.25, -0.2) is 14.4 Å². The Morgan fingerprint density at radius 1 is 1.17 bits per heavy atom. The third-order valence-corrected chi connectivity index (χ3v) is 3.34. The first kappa shape index (κ1) is 11.6. The van der Waals surface area contributed by atoms with E-state index in [-0.39, 0.29) is 5.82 Å². The van der Waals surface area contributed by atoms with Gasteiger partial charge in [0.25, 0.3) is 0 Å². The van der Waals surface area contributed by atoms with Crippen LogP contribution in [0, 0.1) is 5.82 Å². The molecule has 0 unspecified atom stereocenters. The molecule has 0 amide bonds. The van der Waals surface area contributed by atoms with Gasteiger partial charge in [-0.3, -0.25) is 0 Å². The number of aromatic nitrogens is 2. The topological polar surface area (TPSA) is 51.8 Å². The normalized spacial score (nSPS) is 14.8. The number of hydrogen-bond acceptors (Lipinski definition) is 3. The molecule has 0 atom stereocenters. The average Bonchev–Trinajstić information content (AvgIpc) is 3.10. The molecule has 1 aromatic heterocycles. The Kier molecular flexibility index (Phi) is 2.78. The summed E-state index contributed by atoms with van der Waals surface area (Å²) in [5.74, 6) is 1.09. The molecular formula is C13H11BrFN3. The van der Waals surface area contributed by atoms with E-state index in [4.69, 9.17) is 5.73 Å². The zero-order valence-corrected chi connectivity index (χ0v) is 11.1. The van der Waals surface area contributed by atoms with E-state index in [0.29, 0.717) is 27.6 Å². The highest BCUT2D eigenvalue weighted by Gasteiger charge is 2.26. The zero-order chi connectivity index (χ0) is 12.7. The van der Waals surface area contributed by atoms with Gasteiger partial charge in [0, 0.05) is 27.7 Å². The van der Waals surface area contributed by atoms with Gasteiger partial charge < -0.3 is 5.73 Å². The molecule has 3 nitrogen and oxygen atoms in total. The molecule has 2 aromatic rings. The van der Waals surface area contributed by atoms with Gasteiger partial charge in [-0.05, 0) is 31.0 Å².